The van der Waals surface area contributed by atoms with Crippen LogP contribution in [0.2, 0.25) is 5.02 Å². The highest BCUT2D eigenvalue weighted by molar-refractivity contribution is 9.10. The van der Waals surface area contributed by atoms with Crippen LogP contribution in [0.15, 0.2) is 28.7 Å². The molecule has 1 heterocycles. The normalized spacial score (nSPS) is 12.7. The van der Waals surface area contributed by atoms with Gasteiger partial charge in [0.2, 0.25) is 0 Å². The van der Waals surface area contributed by atoms with Gasteiger partial charge in [-0.2, -0.15) is 5.10 Å². The van der Waals surface area contributed by atoms with E-state index >= 15 is 0 Å². The molecule has 1 aromatic carbocycles. The van der Waals surface area contributed by atoms with Crippen molar-refractivity contribution in [1.29, 1.82) is 0 Å². The summed E-state index contributed by atoms with van der Waals surface area (Å²) in [6.45, 7) is 2.09. The molecule has 1 unspecified atom stereocenters. The monoisotopic (exact) mass is 341 g/mol. The van der Waals surface area contributed by atoms with Gasteiger partial charge in [-0.05, 0) is 40.0 Å². The van der Waals surface area contributed by atoms with Crippen molar-refractivity contribution in [3.8, 4) is 0 Å². The van der Waals surface area contributed by atoms with Crippen molar-refractivity contribution in [2.45, 2.75) is 25.8 Å². The van der Waals surface area contributed by atoms with Crippen molar-refractivity contribution >= 4 is 27.5 Å². The molecular weight excluding hydrogens is 326 g/mol. The lowest BCUT2D eigenvalue weighted by atomic mass is 10.0. The zero-order valence-electron chi connectivity index (χ0n) is 11.0. The molecule has 0 bridgehead atoms. The van der Waals surface area contributed by atoms with Crippen LogP contribution in [0.3, 0.4) is 0 Å². The van der Waals surface area contributed by atoms with E-state index in [2.05, 4.69) is 34.0 Å². The van der Waals surface area contributed by atoms with Gasteiger partial charge in [0.15, 0.2) is 0 Å². The van der Waals surface area contributed by atoms with E-state index in [-0.39, 0.29) is 6.04 Å². The van der Waals surface area contributed by atoms with E-state index in [0.29, 0.717) is 5.02 Å². The molecule has 19 heavy (non-hydrogen) atoms. The van der Waals surface area contributed by atoms with E-state index in [0.717, 1.165) is 34.3 Å². The zero-order valence-corrected chi connectivity index (χ0v) is 13.4. The van der Waals surface area contributed by atoms with E-state index < -0.39 is 0 Å². The van der Waals surface area contributed by atoms with Crippen molar-refractivity contribution < 1.29 is 0 Å². The second-order valence-corrected chi connectivity index (χ2v) is 5.79. The van der Waals surface area contributed by atoms with E-state index in [1.54, 1.807) is 0 Å². The van der Waals surface area contributed by atoms with Gasteiger partial charge in [0.05, 0.1) is 10.7 Å². The lowest BCUT2D eigenvalue weighted by Crippen LogP contribution is -2.16. The quantitative estimate of drug-likeness (QED) is 0.922. The van der Waals surface area contributed by atoms with Crippen LogP contribution in [-0.2, 0) is 19.9 Å². The Balaban J connectivity index is 2.22. The minimum atomic E-state index is -0.134. The molecule has 1 aromatic heterocycles. The summed E-state index contributed by atoms with van der Waals surface area (Å²) in [7, 11) is 1.95. The number of rotatable bonds is 4. The van der Waals surface area contributed by atoms with Crippen LogP contribution in [0.4, 0.5) is 0 Å². The van der Waals surface area contributed by atoms with Crippen LogP contribution in [0.5, 0.6) is 0 Å². The van der Waals surface area contributed by atoms with Gasteiger partial charge in [-0.1, -0.05) is 30.7 Å². The van der Waals surface area contributed by atoms with Gasteiger partial charge in [-0.15, -0.1) is 0 Å². The first kappa shape index (κ1) is 14.6. The minimum Gasteiger partial charge on any atom is -0.324 e. The number of hydrogen-bond donors (Lipinski definition) is 1. The molecular formula is C14H17BrClN3. The Morgan fingerprint density at radius 2 is 2.21 bits per heavy atom. The van der Waals surface area contributed by atoms with Gasteiger partial charge in [0.1, 0.15) is 0 Å². The lowest BCUT2D eigenvalue weighted by Gasteiger charge is -2.14. The first-order valence-electron chi connectivity index (χ1n) is 6.24. The van der Waals surface area contributed by atoms with Gasteiger partial charge < -0.3 is 5.73 Å². The van der Waals surface area contributed by atoms with Crippen LogP contribution >= 0.6 is 27.5 Å². The molecule has 102 valence electrons. The van der Waals surface area contributed by atoms with E-state index in [1.165, 1.54) is 0 Å². The Morgan fingerprint density at radius 3 is 2.84 bits per heavy atom. The number of benzene rings is 1. The van der Waals surface area contributed by atoms with Gasteiger partial charge >= 0.3 is 0 Å². The maximum absolute atomic E-state index is 6.28. The second kappa shape index (κ2) is 6.07. The van der Waals surface area contributed by atoms with Crippen molar-refractivity contribution in [3.63, 3.8) is 0 Å². The Hall–Kier alpha value is -0.840. The summed E-state index contributed by atoms with van der Waals surface area (Å²) in [5.74, 6) is 0. The molecule has 0 amide bonds. The smallest absolute Gasteiger partial charge is 0.0624 e. The highest BCUT2D eigenvalue weighted by Gasteiger charge is 2.15. The summed E-state index contributed by atoms with van der Waals surface area (Å²) >= 11 is 9.70. The fourth-order valence-corrected chi connectivity index (χ4v) is 2.73. The highest BCUT2D eigenvalue weighted by Crippen LogP contribution is 2.30. The largest absolute Gasteiger partial charge is 0.324 e. The maximum Gasteiger partial charge on any atom is 0.0624 e. The predicted molar refractivity (Wildman–Crippen MR) is 82.4 cm³/mol. The third kappa shape index (κ3) is 3.19. The molecule has 2 rings (SSSR count). The minimum absolute atomic E-state index is 0.134. The molecule has 0 radical (unpaired) electrons. The van der Waals surface area contributed by atoms with Crippen molar-refractivity contribution in [3.05, 3.63) is 50.7 Å². The Bertz CT molecular complexity index is 580. The van der Waals surface area contributed by atoms with Crippen LogP contribution in [0.25, 0.3) is 0 Å². The molecule has 2 N–H and O–H groups in total. The van der Waals surface area contributed by atoms with Crippen molar-refractivity contribution in [2.24, 2.45) is 12.8 Å². The zero-order chi connectivity index (χ0) is 14.0. The first-order chi connectivity index (χ1) is 9.02. The first-order valence-corrected chi connectivity index (χ1v) is 7.41. The molecule has 0 saturated heterocycles. The average Bonchev–Trinajstić information content (AvgIpc) is 2.73. The molecule has 0 spiro atoms. The summed E-state index contributed by atoms with van der Waals surface area (Å²) < 4.78 is 2.77. The summed E-state index contributed by atoms with van der Waals surface area (Å²) in [5.41, 5.74) is 9.44. The molecule has 2 aromatic rings. The molecule has 5 heteroatoms. The Kier molecular flexibility index (Phi) is 4.66. The molecule has 0 fully saturated rings. The van der Waals surface area contributed by atoms with Crippen molar-refractivity contribution in [2.75, 3.05) is 0 Å². The summed E-state index contributed by atoms with van der Waals surface area (Å²) in [6, 6.07) is 7.80. The van der Waals surface area contributed by atoms with Gasteiger partial charge in [-0.25, -0.2) is 0 Å². The third-order valence-electron chi connectivity index (χ3n) is 3.20. The standard InChI is InChI=1S/C14H17BrClN3/c1-3-9-7-10(19(2)18-9)8-13(17)11-5-4-6-12(15)14(11)16/h4-7,13H,3,8,17H2,1-2H3. The fraction of sp³-hybridized carbons (Fsp3) is 0.357. The number of nitrogens with zero attached hydrogens (tertiary/aromatic N) is 2. The molecule has 3 nitrogen and oxygen atoms in total. The maximum atomic E-state index is 6.28. The van der Waals surface area contributed by atoms with E-state index in [4.69, 9.17) is 17.3 Å². The second-order valence-electron chi connectivity index (χ2n) is 4.56. The van der Waals surface area contributed by atoms with E-state index in [9.17, 15) is 0 Å². The van der Waals surface area contributed by atoms with Crippen LogP contribution < -0.4 is 5.73 Å². The molecule has 0 aliphatic heterocycles. The lowest BCUT2D eigenvalue weighted by molar-refractivity contribution is 0.638. The number of aromatic nitrogens is 2. The SMILES string of the molecule is CCc1cc(CC(N)c2cccc(Br)c2Cl)n(C)n1. The molecule has 1 atom stereocenters. The summed E-state index contributed by atoms with van der Waals surface area (Å²) in [4.78, 5) is 0. The fourth-order valence-electron chi connectivity index (χ4n) is 2.08. The van der Waals surface area contributed by atoms with Gasteiger partial charge in [0.25, 0.3) is 0 Å². The number of halogens is 2. The average molecular weight is 343 g/mol. The molecule has 0 aliphatic carbocycles. The number of aryl methyl sites for hydroxylation is 2. The van der Waals surface area contributed by atoms with Crippen LogP contribution in [0.1, 0.15) is 29.9 Å². The van der Waals surface area contributed by atoms with Crippen LogP contribution in [-0.4, -0.2) is 9.78 Å². The van der Waals surface area contributed by atoms with Crippen molar-refractivity contribution in [1.82, 2.24) is 9.78 Å². The Morgan fingerprint density at radius 1 is 1.47 bits per heavy atom. The third-order valence-corrected chi connectivity index (χ3v) is 4.51. The molecule has 0 saturated carbocycles. The summed E-state index contributed by atoms with van der Waals surface area (Å²) in [6.07, 6.45) is 1.65. The molecule has 0 aliphatic rings. The topological polar surface area (TPSA) is 43.8 Å². The van der Waals surface area contributed by atoms with Gasteiger partial charge in [-0.3, -0.25) is 4.68 Å². The predicted octanol–water partition coefficient (Wildman–Crippen LogP) is 3.64. The van der Waals surface area contributed by atoms with Crippen LogP contribution in [0, 0.1) is 0 Å². The Labute approximate surface area is 126 Å². The highest BCUT2D eigenvalue weighted by atomic mass is 79.9. The number of nitrogens with two attached hydrogens (primary N) is 1. The van der Waals surface area contributed by atoms with Gasteiger partial charge in [0, 0.05) is 29.7 Å². The number of hydrogen-bond acceptors (Lipinski definition) is 2. The van der Waals surface area contributed by atoms with E-state index in [1.807, 2.05) is 29.9 Å². The summed E-state index contributed by atoms with van der Waals surface area (Å²) in [5, 5.41) is 5.12.